The number of hydrogen-bond donors (Lipinski definition) is 1. The van der Waals surface area contributed by atoms with Crippen LogP contribution in [0.1, 0.15) is 30.4 Å². The summed E-state index contributed by atoms with van der Waals surface area (Å²) in [6.45, 7) is 1.44. The molecule has 108 valence electrons. The molecule has 1 amide bonds. The summed E-state index contributed by atoms with van der Waals surface area (Å²) in [4.78, 5) is 12.7. The Hall–Kier alpha value is -1.50. The van der Waals surface area contributed by atoms with Crippen molar-refractivity contribution in [1.29, 1.82) is 0 Å². The Kier molecular flexibility index (Phi) is 4.99. The fourth-order valence-electron chi connectivity index (χ4n) is 1.78. The third-order valence-corrected chi connectivity index (χ3v) is 2.58. The molecule has 0 radical (unpaired) electrons. The molecule has 0 spiro atoms. The summed E-state index contributed by atoms with van der Waals surface area (Å²) in [5, 5.41) is 8.79. The van der Waals surface area contributed by atoms with Crippen LogP contribution in [0, 0.1) is 0 Å². The highest BCUT2D eigenvalue weighted by atomic mass is 19.4. The molecule has 1 aromatic rings. The number of alkyl halides is 3. The molecule has 0 fully saturated rings. The summed E-state index contributed by atoms with van der Waals surface area (Å²) in [5.74, 6) is -0.731. The van der Waals surface area contributed by atoms with Gasteiger partial charge in [-0.2, -0.15) is 13.2 Å². The second-order valence-corrected chi connectivity index (χ2v) is 4.46. The monoisotopic (exact) mass is 278 g/mol. The van der Waals surface area contributed by atoms with E-state index in [1.165, 1.54) is 6.07 Å². The minimum Gasteiger partial charge on any atom is -0.395 e. The summed E-state index contributed by atoms with van der Waals surface area (Å²) < 4.78 is 38.8. The standard InChI is InChI=1S/C12H17F3N2O2/c1-9(2)17-5-3-4-10(17)11(19)16(6-7-18)8-12(13,14)15/h3-5,9,18H,6-8H2,1-2H3. The largest absolute Gasteiger partial charge is 0.406 e. The number of aromatic nitrogens is 1. The minimum atomic E-state index is -4.49. The van der Waals surface area contributed by atoms with Gasteiger partial charge in [-0.3, -0.25) is 4.79 Å². The Morgan fingerprint density at radius 3 is 2.58 bits per heavy atom. The van der Waals surface area contributed by atoms with Gasteiger partial charge in [0.25, 0.3) is 5.91 Å². The zero-order valence-corrected chi connectivity index (χ0v) is 10.8. The first-order chi connectivity index (χ1) is 8.76. The van der Waals surface area contributed by atoms with Gasteiger partial charge in [-0.25, -0.2) is 0 Å². The van der Waals surface area contributed by atoms with Gasteiger partial charge >= 0.3 is 6.18 Å². The molecule has 1 aromatic heterocycles. The maximum atomic E-state index is 12.4. The van der Waals surface area contributed by atoms with Crippen molar-refractivity contribution in [3.8, 4) is 0 Å². The van der Waals surface area contributed by atoms with E-state index in [1.807, 2.05) is 13.8 Å². The molecule has 0 aliphatic carbocycles. The topological polar surface area (TPSA) is 45.5 Å². The van der Waals surface area contributed by atoms with Crippen LogP contribution in [0.5, 0.6) is 0 Å². The molecule has 0 aliphatic heterocycles. The quantitative estimate of drug-likeness (QED) is 0.896. The molecule has 0 saturated heterocycles. The molecular weight excluding hydrogens is 261 g/mol. The average molecular weight is 278 g/mol. The van der Waals surface area contributed by atoms with E-state index in [2.05, 4.69) is 0 Å². The van der Waals surface area contributed by atoms with E-state index in [0.29, 0.717) is 4.90 Å². The number of nitrogens with zero attached hydrogens (tertiary/aromatic N) is 2. The number of aliphatic hydroxyl groups is 1. The molecule has 0 atom stereocenters. The van der Waals surface area contributed by atoms with E-state index in [9.17, 15) is 18.0 Å². The van der Waals surface area contributed by atoms with Crippen molar-refractivity contribution in [2.24, 2.45) is 0 Å². The van der Waals surface area contributed by atoms with Gasteiger partial charge in [0.2, 0.25) is 0 Å². The highest BCUT2D eigenvalue weighted by molar-refractivity contribution is 5.92. The summed E-state index contributed by atoms with van der Waals surface area (Å²) >= 11 is 0. The first kappa shape index (κ1) is 15.6. The van der Waals surface area contributed by atoms with Crippen LogP contribution in [0.2, 0.25) is 0 Å². The number of hydrogen-bond acceptors (Lipinski definition) is 2. The van der Waals surface area contributed by atoms with E-state index in [1.54, 1.807) is 16.8 Å². The maximum Gasteiger partial charge on any atom is 0.406 e. The van der Waals surface area contributed by atoms with Gasteiger partial charge in [-0.15, -0.1) is 0 Å². The molecule has 0 aromatic carbocycles. The molecule has 7 heteroatoms. The SMILES string of the molecule is CC(C)n1cccc1C(=O)N(CCO)CC(F)(F)F. The number of amides is 1. The van der Waals surface area contributed by atoms with Gasteiger partial charge in [-0.05, 0) is 26.0 Å². The lowest BCUT2D eigenvalue weighted by atomic mass is 10.3. The summed E-state index contributed by atoms with van der Waals surface area (Å²) in [6.07, 6.45) is -2.84. The number of carbonyl (C=O) groups excluding carboxylic acids is 1. The van der Waals surface area contributed by atoms with Gasteiger partial charge in [0.05, 0.1) is 6.61 Å². The third kappa shape index (κ3) is 4.27. The van der Waals surface area contributed by atoms with E-state index >= 15 is 0 Å². The Morgan fingerprint density at radius 1 is 1.47 bits per heavy atom. The van der Waals surface area contributed by atoms with E-state index in [0.717, 1.165) is 0 Å². The molecule has 0 bridgehead atoms. The molecule has 4 nitrogen and oxygen atoms in total. The normalized spacial score (nSPS) is 11.9. The second kappa shape index (κ2) is 6.10. The average Bonchev–Trinajstić information content (AvgIpc) is 2.74. The fraction of sp³-hybridized carbons (Fsp3) is 0.583. The number of halogens is 3. The van der Waals surface area contributed by atoms with Crippen molar-refractivity contribution in [3.63, 3.8) is 0 Å². The van der Waals surface area contributed by atoms with Crippen molar-refractivity contribution in [2.75, 3.05) is 19.7 Å². The minimum absolute atomic E-state index is 0.0317. The predicted octanol–water partition coefficient (Wildman–Crippen LogP) is 2.07. The Bertz CT molecular complexity index is 427. The van der Waals surface area contributed by atoms with Crippen LogP contribution in [0.15, 0.2) is 18.3 Å². The van der Waals surface area contributed by atoms with Crippen molar-refractivity contribution in [1.82, 2.24) is 9.47 Å². The van der Waals surface area contributed by atoms with E-state index in [-0.39, 0.29) is 18.3 Å². The summed E-state index contributed by atoms with van der Waals surface area (Å²) in [7, 11) is 0. The van der Waals surface area contributed by atoms with Gasteiger partial charge in [-0.1, -0.05) is 0 Å². The number of rotatable bonds is 5. The van der Waals surface area contributed by atoms with Gasteiger partial charge in [0, 0.05) is 18.8 Å². The van der Waals surface area contributed by atoms with Gasteiger partial charge in [0.15, 0.2) is 0 Å². The Labute approximate surface area is 109 Å². The highest BCUT2D eigenvalue weighted by Gasteiger charge is 2.33. The first-order valence-corrected chi connectivity index (χ1v) is 5.90. The fourth-order valence-corrected chi connectivity index (χ4v) is 1.78. The molecule has 0 saturated carbocycles. The lowest BCUT2D eigenvalue weighted by molar-refractivity contribution is -0.141. The van der Waals surface area contributed by atoms with Gasteiger partial charge < -0.3 is 14.6 Å². The molecule has 1 N–H and O–H groups in total. The van der Waals surface area contributed by atoms with Crippen molar-refractivity contribution in [3.05, 3.63) is 24.0 Å². The lowest BCUT2D eigenvalue weighted by Gasteiger charge is -2.24. The van der Waals surface area contributed by atoms with Crippen LogP contribution in [0.3, 0.4) is 0 Å². The zero-order valence-electron chi connectivity index (χ0n) is 10.8. The summed E-state index contributed by atoms with van der Waals surface area (Å²) in [6, 6.07) is 3.05. The van der Waals surface area contributed by atoms with Crippen molar-refractivity contribution >= 4 is 5.91 Å². The van der Waals surface area contributed by atoms with Crippen molar-refractivity contribution < 1.29 is 23.1 Å². The molecule has 1 rings (SSSR count). The second-order valence-electron chi connectivity index (χ2n) is 4.46. The molecule has 19 heavy (non-hydrogen) atoms. The van der Waals surface area contributed by atoms with Crippen LogP contribution in [0.25, 0.3) is 0 Å². The van der Waals surface area contributed by atoms with Crippen LogP contribution < -0.4 is 0 Å². The lowest BCUT2D eigenvalue weighted by Crippen LogP contribution is -2.41. The summed E-state index contributed by atoms with van der Waals surface area (Å²) in [5.41, 5.74) is 0.188. The Balaban J connectivity index is 2.96. The van der Waals surface area contributed by atoms with E-state index in [4.69, 9.17) is 5.11 Å². The first-order valence-electron chi connectivity index (χ1n) is 5.90. The van der Waals surface area contributed by atoms with Crippen LogP contribution >= 0.6 is 0 Å². The van der Waals surface area contributed by atoms with Gasteiger partial charge in [0.1, 0.15) is 12.2 Å². The van der Waals surface area contributed by atoms with Crippen molar-refractivity contribution in [2.45, 2.75) is 26.1 Å². The van der Waals surface area contributed by atoms with Crippen LogP contribution in [-0.4, -0.2) is 46.4 Å². The Morgan fingerprint density at radius 2 is 2.11 bits per heavy atom. The maximum absolute atomic E-state index is 12.4. The highest BCUT2D eigenvalue weighted by Crippen LogP contribution is 2.19. The molecule has 0 unspecified atom stereocenters. The molecular formula is C12H17F3N2O2. The number of aliphatic hydroxyl groups excluding tert-OH is 1. The predicted molar refractivity (Wildman–Crippen MR) is 63.9 cm³/mol. The van der Waals surface area contributed by atoms with E-state index < -0.39 is 25.2 Å². The van der Waals surface area contributed by atoms with Crippen LogP contribution in [0.4, 0.5) is 13.2 Å². The smallest absolute Gasteiger partial charge is 0.395 e. The molecule has 0 aliphatic rings. The number of carbonyl (C=O) groups is 1. The molecule has 1 heterocycles. The van der Waals surface area contributed by atoms with Crippen LogP contribution in [-0.2, 0) is 0 Å². The zero-order chi connectivity index (χ0) is 14.6. The third-order valence-electron chi connectivity index (χ3n) is 2.58.